The van der Waals surface area contributed by atoms with Crippen molar-refractivity contribution >= 4 is 15.9 Å². The maximum absolute atomic E-state index is 5.41. The van der Waals surface area contributed by atoms with Gasteiger partial charge in [-0.05, 0) is 45.0 Å². The Bertz CT molecular complexity index is 352. The van der Waals surface area contributed by atoms with Gasteiger partial charge in [0.1, 0.15) is 5.75 Å². The minimum absolute atomic E-state index is 0.554. The molecule has 0 saturated carbocycles. The van der Waals surface area contributed by atoms with Gasteiger partial charge in [-0.3, -0.25) is 4.90 Å². The van der Waals surface area contributed by atoms with E-state index in [9.17, 15) is 0 Å². The van der Waals surface area contributed by atoms with Crippen LogP contribution in [0.3, 0.4) is 0 Å². The second-order valence-corrected chi connectivity index (χ2v) is 5.44. The van der Waals surface area contributed by atoms with Gasteiger partial charge in [0, 0.05) is 22.6 Å². The van der Waals surface area contributed by atoms with Crippen LogP contribution in [0.25, 0.3) is 0 Å². The second-order valence-electron chi connectivity index (χ2n) is 4.52. The predicted octanol–water partition coefficient (Wildman–Crippen LogP) is 4.08. The van der Waals surface area contributed by atoms with Crippen LogP contribution in [0.1, 0.15) is 32.8 Å². The van der Waals surface area contributed by atoms with E-state index in [1.807, 2.05) is 12.1 Å². The molecule has 0 aliphatic rings. The highest BCUT2D eigenvalue weighted by Gasteiger charge is 2.12. The Balaban J connectivity index is 2.87. The highest BCUT2D eigenvalue weighted by molar-refractivity contribution is 9.10. The van der Waals surface area contributed by atoms with E-state index in [0.29, 0.717) is 6.04 Å². The van der Waals surface area contributed by atoms with Gasteiger partial charge >= 0.3 is 0 Å². The molecular formula is C14H22BrNO. The maximum atomic E-state index is 5.41. The van der Waals surface area contributed by atoms with E-state index in [0.717, 1.165) is 23.3 Å². The Morgan fingerprint density at radius 1 is 1.35 bits per heavy atom. The molecule has 0 bridgehead atoms. The number of ether oxygens (including phenoxy) is 1. The zero-order valence-corrected chi connectivity index (χ0v) is 12.8. The summed E-state index contributed by atoms with van der Waals surface area (Å²) in [5, 5.41) is 0. The molecule has 0 saturated heterocycles. The average Bonchev–Trinajstić information content (AvgIpc) is 2.28. The van der Waals surface area contributed by atoms with Gasteiger partial charge in [0.05, 0.1) is 7.11 Å². The van der Waals surface area contributed by atoms with Crippen molar-refractivity contribution in [3.05, 3.63) is 28.2 Å². The SMILES string of the molecule is CCCN(Cc1cc(Br)ccc1OC)C(C)C. The normalized spacial score (nSPS) is 11.2. The monoisotopic (exact) mass is 299 g/mol. The first kappa shape index (κ1) is 14.5. The third-order valence-corrected chi connectivity index (χ3v) is 3.35. The molecule has 2 nitrogen and oxygen atoms in total. The topological polar surface area (TPSA) is 12.5 Å². The Kier molecular flexibility index (Phi) is 6.00. The van der Waals surface area contributed by atoms with Crippen LogP contribution in [0, 0.1) is 0 Å². The number of rotatable bonds is 6. The molecule has 1 aromatic carbocycles. The molecule has 0 atom stereocenters. The summed E-state index contributed by atoms with van der Waals surface area (Å²) in [6, 6.07) is 6.73. The predicted molar refractivity (Wildman–Crippen MR) is 76.5 cm³/mol. The Hall–Kier alpha value is -0.540. The Morgan fingerprint density at radius 2 is 2.06 bits per heavy atom. The number of nitrogens with zero attached hydrogens (tertiary/aromatic N) is 1. The molecule has 0 aromatic heterocycles. The number of halogens is 1. The lowest BCUT2D eigenvalue weighted by molar-refractivity contribution is 0.210. The smallest absolute Gasteiger partial charge is 0.123 e. The van der Waals surface area contributed by atoms with E-state index >= 15 is 0 Å². The Morgan fingerprint density at radius 3 is 2.59 bits per heavy atom. The molecule has 0 aliphatic heterocycles. The highest BCUT2D eigenvalue weighted by Crippen LogP contribution is 2.25. The number of hydrogen-bond donors (Lipinski definition) is 0. The molecule has 3 heteroatoms. The number of methoxy groups -OCH3 is 1. The van der Waals surface area contributed by atoms with Gasteiger partial charge in [0.15, 0.2) is 0 Å². The van der Waals surface area contributed by atoms with Crippen LogP contribution in [0.4, 0.5) is 0 Å². The van der Waals surface area contributed by atoms with Crippen LogP contribution in [-0.4, -0.2) is 24.6 Å². The van der Waals surface area contributed by atoms with Crippen molar-refractivity contribution in [1.29, 1.82) is 0 Å². The molecule has 1 aromatic rings. The van der Waals surface area contributed by atoms with Crippen LogP contribution in [0.15, 0.2) is 22.7 Å². The molecule has 0 unspecified atom stereocenters. The Labute approximate surface area is 113 Å². The third-order valence-electron chi connectivity index (χ3n) is 2.86. The molecule has 0 heterocycles. The summed E-state index contributed by atoms with van der Waals surface area (Å²) in [5.41, 5.74) is 1.24. The van der Waals surface area contributed by atoms with Crippen molar-refractivity contribution in [2.24, 2.45) is 0 Å². The summed E-state index contributed by atoms with van der Waals surface area (Å²) in [6.45, 7) is 8.75. The largest absolute Gasteiger partial charge is 0.496 e. The van der Waals surface area contributed by atoms with Crippen LogP contribution < -0.4 is 4.74 Å². The standard InChI is InChI=1S/C14H22BrNO/c1-5-8-16(11(2)3)10-12-9-13(15)6-7-14(12)17-4/h6-7,9,11H,5,8,10H2,1-4H3. The molecule has 1 rings (SSSR count). The van der Waals surface area contributed by atoms with E-state index in [-0.39, 0.29) is 0 Å². The minimum Gasteiger partial charge on any atom is -0.496 e. The van der Waals surface area contributed by atoms with Gasteiger partial charge in [0.2, 0.25) is 0 Å². The third kappa shape index (κ3) is 4.32. The van der Waals surface area contributed by atoms with E-state index in [1.54, 1.807) is 7.11 Å². The molecule has 17 heavy (non-hydrogen) atoms. The van der Waals surface area contributed by atoms with Gasteiger partial charge in [-0.15, -0.1) is 0 Å². The molecule has 0 N–H and O–H groups in total. The van der Waals surface area contributed by atoms with Gasteiger partial charge < -0.3 is 4.74 Å². The summed E-state index contributed by atoms with van der Waals surface area (Å²) in [5.74, 6) is 0.968. The highest BCUT2D eigenvalue weighted by atomic mass is 79.9. The molecule has 0 fully saturated rings. The summed E-state index contributed by atoms with van der Waals surface area (Å²) in [4.78, 5) is 2.46. The average molecular weight is 300 g/mol. The minimum atomic E-state index is 0.554. The van der Waals surface area contributed by atoms with Crippen molar-refractivity contribution in [1.82, 2.24) is 4.90 Å². The van der Waals surface area contributed by atoms with Gasteiger partial charge in [-0.25, -0.2) is 0 Å². The van der Waals surface area contributed by atoms with Gasteiger partial charge in [-0.2, -0.15) is 0 Å². The first-order valence-corrected chi connectivity index (χ1v) is 6.94. The summed E-state index contributed by atoms with van der Waals surface area (Å²) in [7, 11) is 1.73. The van der Waals surface area contributed by atoms with Crippen molar-refractivity contribution in [3.8, 4) is 5.75 Å². The quantitative estimate of drug-likeness (QED) is 0.785. The zero-order chi connectivity index (χ0) is 12.8. The van der Waals surface area contributed by atoms with E-state index < -0.39 is 0 Å². The maximum Gasteiger partial charge on any atom is 0.123 e. The lowest BCUT2D eigenvalue weighted by Crippen LogP contribution is -2.31. The van der Waals surface area contributed by atoms with Crippen LogP contribution in [0.2, 0.25) is 0 Å². The number of hydrogen-bond acceptors (Lipinski definition) is 2. The molecule has 0 radical (unpaired) electrons. The second kappa shape index (κ2) is 7.02. The van der Waals surface area contributed by atoms with Crippen molar-refractivity contribution < 1.29 is 4.74 Å². The summed E-state index contributed by atoms with van der Waals surface area (Å²) in [6.07, 6.45) is 1.18. The molecule has 0 aliphatic carbocycles. The molecule has 0 spiro atoms. The van der Waals surface area contributed by atoms with Crippen LogP contribution >= 0.6 is 15.9 Å². The van der Waals surface area contributed by atoms with E-state index in [2.05, 4.69) is 47.7 Å². The van der Waals surface area contributed by atoms with Crippen LogP contribution in [0.5, 0.6) is 5.75 Å². The molecular weight excluding hydrogens is 278 g/mol. The summed E-state index contributed by atoms with van der Waals surface area (Å²) >= 11 is 3.52. The fourth-order valence-corrected chi connectivity index (χ4v) is 2.31. The summed E-state index contributed by atoms with van der Waals surface area (Å²) < 4.78 is 6.52. The lowest BCUT2D eigenvalue weighted by Gasteiger charge is -2.26. The zero-order valence-electron chi connectivity index (χ0n) is 11.2. The fourth-order valence-electron chi connectivity index (χ4n) is 1.90. The van der Waals surface area contributed by atoms with Crippen molar-refractivity contribution in [2.45, 2.75) is 39.8 Å². The van der Waals surface area contributed by atoms with E-state index in [1.165, 1.54) is 12.0 Å². The fraction of sp³-hybridized carbons (Fsp3) is 0.571. The van der Waals surface area contributed by atoms with E-state index in [4.69, 9.17) is 4.74 Å². The first-order valence-electron chi connectivity index (χ1n) is 6.15. The molecule has 96 valence electrons. The molecule has 0 amide bonds. The van der Waals surface area contributed by atoms with Crippen molar-refractivity contribution in [2.75, 3.05) is 13.7 Å². The first-order chi connectivity index (χ1) is 8.08. The lowest BCUT2D eigenvalue weighted by atomic mass is 10.1. The van der Waals surface area contributed by atoms with Crippen LogP contribution in [-0.2, 0) is 6.54 Å². The number of benzene rings is 1. The van der Waals surface area contributed by atoms with Crippen molar-refractivity contribution in [3.63, 3.8) is 0 Å². The van der Waals surface area contributed by atoms with Gasteiger partial charge in [0.25, 0.3) is 0 Å². The van der Waals surface area contributed by atoms with Gasteiger partial charge in [-0.1, -0.05) is 22.9 Å².